The molecule has 8 nitrogen and oxygen atoms in total. The molecule has 1 fully saturated rings. The Labute approximate surface area is 195 Å². The molecule has 2 aromatic rings. The van der Waals surface area contributed by atoms with Crippen molar-refractivity contribution >= 4 is 17.5 Å². The predicted molar refractivity (Wildman–Crippen MR) is 127 cm³/mol. The maximum atomic E-state index is 13.0. The van der Waals surface area contributed by atoms with Crippen molar-refractivity contribution in [1.29, 1.82) is 0 Å². The molecule has 0 atom stereocenters. The topological polar surface area (TPSA) is 89.1 Å². The van der Waals surface area contributed by atoms with Crippen molar-refractivity contribution in [2.45, 2.75) is 25.3 Å². The maximum absolute atomic E-state index is 13.0. The van der Waals surface area contributed by atoms with Gasteiger partial charge >= 0.3 is 0 Å². The molecular formula is C25H33N3O5. The van der Waals surface area contributed by atoms with Crippen molar-refractivity contribution in [3.05, 3.63) is 53.6 Å². The summed E-state index contributed by atoms with van der Waals surface area (Å²) in [5, 5.41) is 6.03. The van der Waals surface area contributed by atoms with E-state index in [2.05, 4.69) is 15.5 Å². The van der Waals surface area contributed by atoms with Gasteiger partial charge in [-0.1, -0.05) is 18.2 Å². The van der Waals surface area contributed by atoms with Crippen LogP contribution >= 0.6 is 0 Å². The summed E-state index contributed by atoms with van der Waals surface area (Å²) in [5.41, 5.74) is 2.63. The first-order chi connectivity index (χ1) is 16.0. The Kier molecular flexibility index (Phi) is 8.95. The molecule has 1 aliphatic heterocycles. The molecule has 0 unspecified atom stereocenters. The van der Waals surface area contributed by atoms with Crippen molar-refractivity contribution in [2.75, 3.05) is 52.5 Å². The fourth-order valence-corrected chi connectivity index (χ4v) is 4.06. The highest BCUT2D eigenvalue weighted by atomic mass is 16.5. The number of nitrogens with one attached hydrogen (secondary N) is 2. The molecule has 1 saturated heterocycles. The van der Waals surface area contributed by atoms with Gasteiger partial charge in [0.05, 0.1) is 19.8 Å². The summed E-state index contributed by atoms with van der Waals surface area (Å²) in [6.07, 6.45) is 2.33. The molecule has 0 aromatic heterocycles. The number of para-hydroxylation sites is 1. The van der Waals surface area contributed by atoms with Crippen LogP contribution in [-0.4, -0.2) is 65.4 Å². The van der Waals surface area contributed by atoms with Gasteiger partial charge in [0.15, 0.2) is 11.5 Å². The van der Waals surface area contributed by atoms with E-state index in [1.807, 2.05) is 42.5 Å². The Balaban J connectivity index is 1.56. The number of piperidine rings is 1. The average molecular weight is 456 g/mol. The van der Waals surface area contributed by atoms with Crippen LogP contribution in [-0.2, 0) is 16.0 Å². The number of hydrogen-bond donors (Lipinski definition) is 2. The Morgan fingerprint density at radius 3 is 2.42 bits per heavy atom. The largest absolute Gasteiger partial charge is 0.493 e. The molecule has 0 bridgehead atoms. The number of carbonyl (C=O) groups excluding carboxylic acids is 2. The Morgan fingerprint density at radius 1 is 1.00 bits per heavy atom. The van der Waals surface area contributed by atoms with Crippen LogP contribution in [0.5, 0.6) is 11.5 Å². The van der Waals surface area contributed by atoms with Gasteiger partial charge in [-0.05, 0) is 49.1 Å². The van der Waals surface area contributed by atoms with Crippen molar-refractivity contribution < 1.29 is 23.8 Å². The number of ether oxygens (including phenoxy) is 3. The number of anilines is 1. The van der Waals surface area contributed by atoms with Crippen LogP contribution in [0.25, 0.3) is 0 Å². The van der Waals surface area contributed by atoms with Crippen LogP contribution < -0.4 is 25.0 Å². The highest BCUT2D eigenvalue weighted by Crippen LogP contribution is 2.28. The van der Waals surface area contributed by atoms with Crippen LogP contribution in [0.3, 0.4) is 0 Å². The van der Waals surface area contributed by atoms with Crippen LogP contribution in [0.2, 0.25) is 0 Å². The molecule has 0 spiro atoms. The normalized spacial score (nSPS) is 14.0. The third kappa shape index (κ3) is 6.61. The zero-order valence-electron chi connectivity index (χ0n) is 19.6. The van der Waals surface area contributed by atoms with E-state index in [1.54, 1.807) is 14.2 Å². The van der Waals surface area contributed by atoms with Gasteiger partial charge in [-0.15, -0.1) is 0 Å². The molecule has 1 heterocycles. The second-order valence-corrected chi connectivity index (χ2v) is 7.97. The lowest BCUT2D eigenvalue weighted by Crippen LogP contribution is -2.46. The number of hydrogen-bond acceptors (Lipinski definition) is 6. The molecule has 2 N–H and O–H groups in total. The Hall–Kier alpha value is -3.26. The van der Waals surface area contributed by atoms with Gasteiger partial charge < -0.3 is 29.7 Å². The van der Waals surface area contributed by atoms with Crippen LogP contribution in [0.4, 0.5) is 5.69 Å². The second kappa shape index (κ2) is 12.1. The molecule has 0 radical (unpaired) electrons. The van der Waals surface area contributed by atoms with Crippen molar-refractivity contribution in [1.82, 2.24) is 10.6 Å². The summed E-state index contributed by atoms with van der Waals surface area (Å²) in [4.78, 5) is 26.9. The molecule has 3 rings (SSSR count). The number of rotatable bonds is 10. The first-order valence-corrected chi connectivity index (χ1v) is 11.2. The van der Waals surface area contributed by atoms with Crippen molar-refractivity contribution in [3.63, 3.8) is 0 Å². The highest BCUT2D eigenvalue weighted by Gasteiger charge is 2.23. The van der Waals surface area contributed by atoms with E-state index in [9.17, 15) is 9.59 Å². The number of methoxy groups -OCH3 is 3. The molecule has 2 amide bonds. The van der Waals surface area contributed by atoms with Crippen molar-refractivity contribution in [3.8, 4) is 11.5 Å². The zero-order valence-corrected chi connectivity index (χ0v) is 19.6. The molecule has 1 aliphatic rings. The Morgan fingerprint density at radius 2 is 1.73 bits per heavy atom. The van der Waals surface area contributed by atoms with E-state index >= 15 is 0 Å². The predicted octanol–water partition coefficient (Wildman–Crippen LogP) is 2.41. The zero-order chi connectivity index (χ0) is 23.6. The van der Waals surface area contributed by atoms with E-state index in [0.717, 1.165) is 37.2 Å². The monoisotopic (exact) mass is 455 g/mol. The maximum Gasteiger partial charge on any atom is 0.253 e. The molecule has 0 saturated carbocycles. The molecular weight excluding hydrogens is 422 g/mol. The average Bonchev–Trinajstić information content (AvgIpc) is 2.84. The molecule has 178 valence electrons. The van der Waals surface area contributed by atoms with E-state index in [4.69, 9.17) is 14.2 Å². The van der Waals surface area contributed by atoms with Crippen LogP contribution in [0.1, 0.15) is 28.8 Å². The lowest BCUT2D eigenvalue weighted by Gasteiger charge is -2.34. The third-order valence-corrected chi connectivity index (χ3v) is 5.77. The standard InChI is InChI=1S/C25H33N3O5/c1-31-17-24(29)27-19-11-14-28(15-12-19)21-7-5-4-6-20(21)25(30)26-13-10-18-8-9-22(32-2)23(16-18)33-3/h4-9,16,19H,10-15,17H2,1-3H3,(H,26,30)(H,27,29). The Bertz CT molecular complexity index is 941. The van der Waals surface area contributed by atoms with E-state index in [1.165, 1.54) is 7.11 Å². The van der Waals surface area contributed by atoms with Gasteiger partial charge in [0.25, 0.3) is 5.91 Å². The fourth-order valence-electron chi connectivity index (χ4n) is 4.06. The van der Waals surface area contributed by atoms with E-state index in [-0.39, 0.29) is 24.5 Å². The molecule has 2 aromatic carbocycles. The van der Waals surface area contributed by atoms with Gasteiger partial charge in [-0.2, -0.15) is 0 Å². The minimum Gasteiger partial charge on any atom is -0.493 e. The lowest BCUT2D eigenvalue weighted by molar-refractivity contribution is -0.125. The number of nitrogens with zero attached hydrogens (tertiary/aromatic N) is 1. The summed E-state index contributed by atoms with van der Waals surface area (Å²) in [7, 11) is 4.73. The number of carbonyl (C=O) groups is 2. The van der Waals surface area contributed by atoms with Gasteiger partial charge in [-0.25, -0.2) is 0 Å². The van der Waals surface area contributed by atoms with E-state index in [0.29, 0.717) is 30.0 Å². The van der Waals surface area contributed by atoms with Crippen LogP contribution in [0.15, 0.2) is 42.5 Å². The quantitative estimate of drug-likeness (QED) is 0.572. The van der Waals surface area contributed by atoms with Gasteiger partial charge in [-0.3, -0.25) is 9.59 Å². The molecule has 0 aliphatic carbocycles. The summed E-state index contributed by atoms with van der Waals surface area (Å²) < 4.78 is 15.5. The van der Waals surface area contributed by atoms with Gasteiger partial charge in [0, 0.05) is 38.5 Å². The second-order valence-electron chi connectivity index (χ2n) is 7.97. The summed E-state index contributed by atoms with van der Waals surface area (Å²) in [6.45, 7) is 2.13. The first kappa shape index (κ1) is 24.4. The van der Waals surface area contributed by atoms with Crippen LogP contribution in [0, 0.1) is 0 Å². The number of benzene rings is 2. The SMILES string of the molecule is COCC(=O)NC1CCN(c2ccccc2C(=O)NCCc2ccc(OC)c(OC)c2)CC1. The minimum absolute atomic E-state index is 0.0759. The lowest BCUT2D eigenvalue weighted by atomic mass is 10.0. The summed E-state index contributed by atoms with van der Waals surface area (Å²) in [5.74, 6) is 1.17. The molecule has 8 heteroatoms. The highest BCUT2D eigenvalue weighted by molar-refractivity contribution is 5.99. The van der Waals surface area contributed by atoms with Gasteiger partial charge in [0.1, 0.15) is 6.61 Å². The minimum atomic E-state index is -0.0957. The summed E-state index contributed by atoms with van der Waals surface area (Å²) >= 11 is 0. The van der Waals surface area contributed by atoms with Crippen molar-refractivity contribution in [2.24, 2.45) is 0 Å². The number of amides is 2. The fraction of sp³-hybridized carbons (Fsp3) is 0.440. The first-order valence-electron chi connectivity index (χ1n) is 11.2. The smallest absolute Gasteiger partial charge is 0.253 e. The molecule has 33 heavy (non-hydrogen) atoms. The van der Waals surface area contributed by atoms with E-state index < -0.39 is 0 Å². The summed E-state index contributed by atoms with van der Waals surface area (Å²) in [6, 6.07) is 13.6. The third-order valence-electron chi connectivity index (χ3n) is 5.77. The van der Waals surface area contributed by atoms with Gasteiger partial charge in [0.2, 0.25) is 5.91 Å².